The number of carbonyl (C=O) groups excluding carboxylic acids is 1. The minimum absolute atomic E-state index is 0.356. The summed E-state index contributed by atoms with van der Waals surface area (Å²) in [5.74, 6) is 2.57. The third kappa shape index (κ3) is 5.27. The highest BCUT2D eigenvalue weighted by Gasteiger charge is 2.15. The van der Waals surface area contributed by atoms with Crippen LogP contribution in [0.3, 0.4) is 0 Å². The monoisotopic (exact) mass is 281 g/mol. The van der Waals surface area contributed by atoms with Gasteiger partial charge in [0.25, 0.3) is 0 Å². The fourth-order valence-corrected chi connectivity index (χ4v) is 3.22. The van der Waals surface area contributed by atoms with Crippen LogP contribution in [-0.2, 0) is 11.3 Å². The maximum Gasteiger partial charge on any atom is 0.222 e. The Kier molecular flexibility index (Phi) is 6.27. The van der Waals surface area contributed by atoms with Gasteiger partial charge in [-0.15, -0.1) is 0 Å². The molecule has 0 bridgehead atoms. The first-order valence-electron chi connectivity index (χ1n) is 7.17. The van der Waals surface area contributed by atoms with Crippen molar-refractivity contribution in [2.75, 3.05) is 24.6 Å². The normalized spacial score (nSPS) is 15.7. The maximum absolute atomic E-state index is 11.9. The van der Waals surface area contributed by atoms with Crippen molar-refractivity contribution < 1.29 is 4.79 Å². The molecule has 1 amide bonds. The van der Waals surface area contributed by atoms with Gasteiger partial charge >= 0.3 is 0 Å². The Morgan fingerprint density at radius 1 is 1.16 bits per heavy atom. The number of imidazole rings is 1. The van der Waals surface area contributed by atoms with Gasteiger partial charge in [-0.2, -0.15) is 11.8 Å². The molecule has 0 aromatic carbocycles. The number of rotatable bonds is 7. The molecule has 5 heteroatoms. The summed E-state index contributed by atoms with van der Waals surface area (Å²) < 4.78 is 2.11. The Morgan fingerprint density at radius 2 is 1.95 bits per heavy atom. The maximum atomic E-state index is 11.9. The van der Waals surface area contributed by atoms with Crippen molar-refractivity contribution in [3.63, 3.8) is 0 Å². The molecule has 1 saturated heterocycles. The minimum atomic E-state index is 0.356. The summed E-state index contributed by atoms with van der Waals surface area (Å²) in [5.41, 5.74) is 0. The SMILES string of the molecule is O=C(CCCCCCn1ccnc1)N1CCSCC1. The predicted octanol–water partition coefficient (Wildman–Crippen LogP) is 2.41. The van der Waals surface area contributed by atoms with E-state index in [-0.39, 0.29) is 0 Å². The molecule has 106 valence electrons. The first kappa shape index (κ1) is 14.4. The van der Waals surface area contributed by atoms with E-state index >= 15 is 0 Å². The molecular formula is C14H23N3OS. The second kappa shape index (κ2) is 8.25. The number of amides is 1. The lowest BCUT2D eigenvalue weighted by Gasteiger charge is -2.26. The Bertz CT molecular complexity index is 361. The zero-order chi connectivity index (χ0) is 13.3. The van der Waals surface area contributed by atoms with E-state index < -0.39 is 0 Å². The summed E-state index contributed by atoms with van der Waals surface area (Å²) in [6.45, 7) is 2.94. The number of nitrogens with zero attached hydrogens (tertiary/aromatic N) is 3. The molecule has 1 aliphatic heterocycles. The van der Waals surface area contributed by atoms with Crippen LogP contribution < -0.4 is 0 Å². The molecule has 0 unspecified atom stereocenters. The van der Waals surface area contributed by atoms with Gasteiger partial charge in [-0.1, -0.05) is 12.8 Å². The van der Waals surface area contributed by atoms with Crippen LogP contribution in [0.15, 0.2) is 18.7 Å². The Hall–Kier alpha value is -0.970. The minimum Gasteiger partial charge on any atom is -0.341 e. The van der Waals surface area contributed by atoms with Crippen LogP contribution in [0.4, 0.5) is 0 Å². The van der Waals surface area contributed by atoms with Crippen LogP contribution in [0.25, 0.3) is 0 Å². The fraction of sp³-hybridized carbons (Fsp3) is 0.714. The highest BCUT2D eigenvalue weighted by molar-refractivity contribution is 7.99. The van der Waals surface area contributed by atoms with Crippen LogP contribution in [-0.4, -0.2) is 45.0 Å². The Labute approximate surface area is 119 Å². The molecule has 19 heavy (non-hydrogen) atoms. The van der Waals surface area contributed by atoms with Crippen LogP contribution in [0.1, 0.15) is 32.1 Å². The standard InChI is InChI=1S/C14H23N3OS/c18-14(17-9-11-19-12-10-17)5-3-1-2-4-7-16-8-6-15-13-16/h6,8,13H,1-5,7,9-12H2. The average molecular weight is 281 g/mol. The molecule has 1 aromatic rings. The van der Waals surface area contributed by atoms with Crippen molar-refractivity contribution in [1.29, 1.82) is 0 Å². The fourth-order valence-electron chi connectivity index (χ4n) is 2.31. The van der Waals surface area contributed by atoms with E-state index in [4.69, 9.17) is 0 Å². The number of hydrogen-bond donors (Lipinski definition) is 0. The van der Waals surface area contributed by atoms with Crippen LogP contribution >= 0.6 is 11.8 Å². The van der Waals surface area contributed by atoms with Crippen molar-refractivity contribution in [2.45, 2.75) is 38.6 Å². The summed E-state index contributed by atoms with van der Waals surface area (Å²) in [5, 5.41) is 0. The molecule has 1 fully saturated rings. The second-order valence-electron chi connectivity index (χ2n) is 4.96. The third-order valence-electron chi connectivity index (χ3n) is 3.48. The first-order chi connectivity index (χ1) is 9.36. The molecule has 1 aliphatic rings. The predicted molar refractivity (Wildman–Crippen MR) is 79.2 cm³/mol. The third-order valence-corrected chi connectivity index (χ3v) is 4.42. The van der Waals surface area contributed by atoms with Gasteiger partial charge in [0.05, 0.1) is 6.33 Å². The van der Waals surface area contributed by atoms with Gasteiger partial charge in [-0.3, -0.25) is 4.79 Å². The van der Waals surface area contributed by atoms with Crippen LogP contribution in [0.5, 0.6) is 0 Å². The van der Waals surface area contributed by atoms with E-state index in [1.807, 2.05) is 35.4 Å². The number of hydrogen-bond acceptors (Lipinski definition) is 3. The lowest BCUT2D eigenvalue weighted by Crippen LogP contribution is -2.37. The van der Waals surface area contributed by atoms with Crippen LogP contribution in [0, 0.1) is 0 Å². The quantitative estimate of drug-likeness (QED) is 0.720. The second-order valence-corrected chi connectivity index (χ2v) is 6.18. The zero-order valence-corrected chi connectivity index (χ0v) is 12.3. The molecule has 1 aromatic heterocycles. The van der Waals surface area contributed by atoms with Crippen molar-refractivity contribution in [3.8, 4) is 0 Å². The molecule has 0 saturated carbocycles. The molecular weight excluding hydrogens is 258 g/mol. The van der Waals surface area contributed by atoms with Gasteiger partial charge in [-0.25, -0.2) is 4.98 Å². The van der Waals surface area contributed by atoms with Gasteiger partial charge in [0, 0.05) is 50.0 Å². The Balaban J connectivity index is 1.48. The van der Waals surface area contributed by atoms with Gasteiger partial charge in [-0.05, 0) is 12.8 Å². The van der Waals surface area contributed by atoms with Gasteiger partial charge in [0.1, 0.15) is 0 Å². The summed E-state index contributed by atoms with van der Waals surface area (Å²) >= 11 is 1.95. The molecule has 0 radical (unpaired) electrons. The largest absolute Gasteiger partial charge is 0.341 e. The zero-order valence-electron chi connectivity index (χ0n) is 11.5. The molecule has 0 spiro atoms. The molecule has 0 atom stereocenters. The molecule has 0 N–H and O–H groups in total. The van der Waals surface area contributed by atoms with Gasteiger partial charge in [0.15, 0.2) is 0 Å². The lowest BCUT2D eigenvalue weighted by atomic mass is 10.1. The smallest absolute Gasteiger partial charge is 0.222 e. The van der Waals surface area contributed by atoms with E-state index in [1.165, 1.54) is 12.8 Å². The molecule has 2 heterocycles. The van der Waals surface area contributed by atoms with Crippen molar-refractivity contribution in [1.82, 2.24) is 14.5 Å². The van der Waals surface area contributed by atoms with Crippen LogP contribution in [0.2, 0.25) is 0 Å². The topological polar surface area (TPSA) is 38.1 Å². The van der Waals surface area contributed by atoms with E-state index in [9.17, 15) is 4.79 Å². The van der Waals surface area contributed by atoms with E-state index in [0.717, 1.165) is 50.4 Å². The highest BCUT2D eigenvalue weighted by atomic mass is 32.2. The lowest BCUT2D eigenvalue weighted by molar-refractivity contribution is -0.130. The summed E-state index contributed by atoms with van der Waals surface area (Å²) in [4.78, 5) is 18.0. The van der Waals surface area contributed by atoms with Gasteiger partial charge < -0.3 is 9.47 Å². The number of thioether (sulfide) groups is 1. The summed E-state index contributed by atoms with van der Waals surface area (Å²) in [6.07, 6.45) is 11.0. The molecule has 0 aliphatic carbocycles. The Morgan fingerprint density at radius 3 is 2.68 bits per heavy atom. The van der Waals surface area contributed by atoms with Crippen molar-refractivity contribution in [3.05, 3.63) is 18.7 Å². The summed E-state index contributed by atoms with van der Waals surface area (Å²) in [6, 6.07) is 0. The number of aromatic nitrogens is 2. The number of aryl methyl sites for hydroxylation is 1. The molecule has 4 nitrogen and oxygen atoms in total. The van der Waals surface area contributed by atoms with Crippen molar-refractivity contribution >= 4 is 17.7 Å². The van der Waals surface area contributed by atoms with Crippen molar-refractivity contribution in [2.24, 2.45) is 0 Å². The van der Waals surface area contributed by atoms with Gasteiger partial charge in [0.2, 0.25) is 5.91 Å². The van der Waals surface area contributed by atoms with E-state index in [1.54, 1.807) is 0 Å². The number of carbonyl (C=O) groups is 1. The molecule has 2 rings (SSSR count). The van der Waals surface area contributed by atoms with E-state index in [0.29, 0.717) is 5.91 Å². The highest BCUT2D eigenvalue weighted by Crippen LogP contribution is 2.12. The first-order valence-corrected chi connectivity index (χ1v) is 8.33. The number of unbranched alkanes of at least 4 members (excludes halogenated alkanes) is 3. The average Bonchev–Trinajstić information content (AvgIpc) is 2.96. The van der Waals surface area contributed by atoms with E-state index in [2.05, 4.69) is 9.55 Å². The summed E-state index contributed by atoms with van der Waals surface area (Å²) in [7, 11) is 0.